The Morgan fingerprint density at radius 3 is 2.69 bits per heavy atom. The van der Waals surface area contributed by atoms with E-state index in [1.54, 1.807) is 0 Å². The predicted molar refractivity (Wildman–Crippen MR) is 118 cm³/mol. The van der Waals surface area contributed by atoms with E-state index in [4.69, 9.17) is 16.3 Å². The van der Waals surface area contributed by atoms with Crippen molar-refractivity contribution in [3.8, 4) is 0 Å². The minimum Gasteiger partial charge on any atom is -0.372 e. The molecule has 29 heavy (non-hydrogen) atoms. The fraction of sp³-hybridized carbons (Fsp3) is 0.870. The molecule has 1 aromatic rings. The summed E-state index contributed by atoms with van der Waals surface area (Å²) in [5.41, 5.74) is 1.16. The van der Waals surface area contributed by atoms with Crippen LogP contribution in [0, 0.1) is 5.92 Å². The van der Waals surface area contributed by atoms with Crippen LogP contribution in [0.4, 0.5) is 0 Å². The number of imidazole rings is 1. The number of morpholine rings is 1. The van der Waals surface area contributed by atoms with Gasteiger partial charge in [-0.3, -0.25) is 9.80 Å². The highest BCUT2D eigenvalue weighted by Gasteiger charge is 2.40. The summed E-state index contributed by atoms with van der Waals surface area (Å²) in [6.07, 6.45) is 12.8. The first-order chi connectivity index (χ1) is 14.2. The van der Waals surface area contributed by atoms with Crippen molar-refractivity contribution in [3.05, 3.63) is 16.7 Å². The number of ether oxygens (including phenoxy) is 1. The summed E-state index contributed by atoms with van der Waals surface area (Å²) in [4.78, 5) is 13.2. The Hall–Kier alpha value is -0.620. The fourth-order valence-corrected chi connectivity index (χ4v) is 5.67. The van der Waals surface area contributed by atoms with Gasteiger partial charge in [0.1, 0.15) is 5.82 Å². The van der Waals surface area contributed by atoms with Crippen LogP contribution in [0.1, 0.15) is 76.2 Å². The molecule has 4 rings (SSSR count). The Balaban J connectivity index is 1.26. The molecular formula is C23H39ClN4O. The van der Waals surface area contributed by atoms with Crippen LogP contribution in [0.3, 0.4) is 0 Å². The molecule has 2 aliphatic heterocycles. The van der Waals surface area contributed by atoms with Gasteiger partial charge in [0.05, 0.1) is 17.9 Å². The van der Waals surface area contributed by atoms with Gasteiger partial charge in [0.15, 0.2) is 5.15 Å². The molecule has 1 spiro atoms. The molecule has 0 unspecified atom stereocenters. The Morgan fingerprint density at radius 2 is 1.93 bits per heavy atom. The Bertz CT molecular complexity index is 635. The second-order valence-corrected chi connectivity index (χ2v) is 9.96. The molecule has 1 N–H and O–H groups in total. The number of hydrogen-bond donors (Lipinski definition) is 1. The van der Waals surface area contributed by atoms with Crippen molar-refractivity contribution in [2.24, 2.45) is 5.92 Å². The maximum absolute atomic E-state index is 6.40. The number of nitrogens with one attached hydrogen (secondary N) is 1. The van der Waals surface area contributed by atoms with Crippen molar-refractivity contribution in [1.29, 1.82) is 0 Å². The van der Waals surface area contributed by atoms with Gasteiger partial charge in [-0.1, -0.05) is 44.2 Å². The van der Waals surface area contributed by atoms with Gasteiger partial charge in [-0.05, 0) is 38.0 Å². The summed E-state index contributed by atoms with van der Waals surface area (Å²) in [5, 5.41) is 0.656. The van der Waals surface area contributed by atoms with Crippen LogP contribution >= 0.6 is 11.6 Å². The molecule has 3 aliphatic rings. The Labute approximate surface area is 181 Å². The van der Waals surface area contributed by atoms with E-state index in [1.807, 2.05) is 0 Å². The zero-order valence-electron chi connectivity index (χ0n) is 18.2. The van der Waals surface area contributed by atoms with Crippen molar-refractivity contribution in [2.75, 3.05) is 39.3 Å². The average Bonchev–Trinajstić information content (AvgIpc) is 3.08. The topological polar surface area (TPSA) is 44.4 Å². The molecular weight excluding hydrogens is 384 g/mol. The first kappa shape index (κ1) is 21.6. The number of H-pyrrole nitrogens is 1. The highest BCUT2D eigenvalue weighted by atomic mass is 35.5. The monoisotopic (exact) mass is 422 g/mol. The van der Waals surface area contributed by atoms with E-state index in [0.29, 0.717) is 5.15 Å². The number of aryl methyl sites for hydroxylation is 1. The molecule has 1 saturated carbocycles. The van der Waals surface area contributed by atoms with Crippen LogP contribution in [0.5, 0.6) is 0 Å². The van der Waals surface area contributed by atoms with Gasteiger partial charge in [0.25, 0.3) is 0 Å². The minimum absolute atomic E-state index is 0.0769. The molecule has 1 aromatic heterocycles. The highest BCUT2D eigenvalue weighted by molar-refractivity contribution is 6.30. The highest BCUT2D eigenvalue weighted by Crippen LogP contribution is 2.33. The van der Waals surface area contributed by atoms with Crippen molar-refractivity contribution < 1.29 is 4.74 Å². The zero-order valence-corrected chi connectivity index (χ0v) is 19.0. The smallest absolute Gasteiger partial charge is 0.151 e. The minimum atomic E-state index is 0.0769. The van der Waals surface area contributed by atoms with E-state index in [-0.39, 0.29) is 5.60 Å². The Morgan fingerprint density at radius 1 is 1.14 bits per heavy atom. The molecule has 6 heteroatoms. The first-order valence-corrected chi connectivity index (χ1v) is 12.4. The molecule has 0 radical (unpaired) electrons. The van der Waals surface area contributed by atoms with Gasteiger partial charge in [-0.25, -0.2) is 4.98 Å². The predicted octanol–water partition coefficient (Wildman–Crippen LogP) is 4.65. The van der Waals surface area contributed by atoms with Crippen LogP contribution in [0.15, 0.2) is 0 Å². The summed E-state index contributed by atoms with van der Waals surface area (Å²) < 4.78 is 6.38. The second kappa shape index (κ2) is 10.1. The van der Waals surface area contributed by atoms with Crippen molar-refractivity contribution in [1.82, 2.24) is 19.8 Å². The molecule has 2 saturated heterocycles. The van der Waals surface area contributed by atoms with Gasteiger partial charge in [-0.2, -0.15) is 0 Å². The average molecular weight is 423 g/mol. The lowest BCUT2D eigenvalue weighted by Crippen LogP contribution is -2.57. The number of nitrogens with zero attached hydrogens (tertiary/aromatic N) is 3. The summed E-state index contributed by atoms with van der Waals surface area (Å²) in [6, 6.07) is 0. The molecule has 5 nitrogen and oxygen atoms in total. The van der Waals surface area contributed by atoms with Gasteiger partial charge in [0, 0.05) is 45.7 Å². The van der Waals surface area contributed by atoms with Crippen LogP contribution in [-0.2, 0) is 17.7 Å². The lowest BCUT2D eigenvalue weighted by atomic mass is 9.86. The quantitative estimate of drug-likeness (QED) is 0.694. The third-order valence-corrected chi connectivity index (χ3v) is 7.57. The van der Waals surface area contributed by atoms with E-state index >= 15 is 0 Å². The summed E-state index contributed by atoms with van der Waals surface area (Å²) in [7, 11) is 0. The van der Waals surface area contributed by atoms with Gasteiger partial charge < -0.3 is 9.72 Å². The van der Waals surface area contributed by atoms with E-state index in [9.17, 15) is 0 Å². The summed E-state index contributed by atoms with van der Waals surface area (Å²) in [5.74, 6) is 1.96. The molecule has 0 atom stereocenters. The largest absolute Gasteiger partial charge is 0.372 e. The Kier molecular flexibility index (Phi) is 7.54. The van der Waals surface area contributed by atoms with Gasteiger partial charge >= 0.3 is 0 Å². The summed E-state index contributed by atoms with van der Waals surface area (Å²) >= 11 is 6.40. The summed E-state index contributed by atoms with van der Waals surface area (Å²) in [6.45, 7) is 9.68. The standard InChI is InChI=1S/C23H39ClN4O/c1-2-3-9-21-25-20(22(24)26-21)17-27-12-10-23(11-13-27)18-28(14-15-29-23)16-19-7-5-4-6-8-19/h19H,2-18H2,1H3,(H,25,26). The maximum atomic E-state index is 6.40. The van der Waals surface area contributed by atoms with E-state index < -0.39 is 0 Å². The number of aromatic amines is 1. The third-order valence-electron chi connectivity index (χ3n) is 7.26. The molecule has 0 amide bonds. The maximum Gasteiger partial charge on any atom is 0.151 e. The number of aromatic nitrogens is 2. The number of unbranched alkanes of at least 4 members (excludes halogenated alkanes) is 1. The van der Waals surface area contributed by atoms with Crippen molar-refractivity contribution in [3.63, 3.8) is 0 Å². The molecule has 164 valence electrons. The zero-order chi connectivity index (χ0) is 20.1. The van der Waals surface area contributed by atoms with E-state index in [2.05, 4.69) is 26.7 Å². The van der Waals surface area contributed by atoms with Crippen molar-refractivity contribution in [2.45, 2.75) is 83.3 Å². The van der Waals surface area contributed by atoms with Crippen LogP contribution in [0.25, 0.3) is 0 Å². The molecule has 0 aromatic carbocycles. The van der Waals surface area contributed by atoms with Crippen LogP contribution in [0.2, 0.25) is 5.15 Å². The normalized spacial score (nSPS) is 24.3. The first-order valence-electron chi connectivity index (χ1n) is 12.0. The lowest BCUT2D eigenvalue weighted by Gasteiger charge is -2.48. The molecule has 3 heterocycles. The number of piperidine rings is 1. The van der Waals surface area contributed by atoms with E-state index in [1.165, 1.54) is 45.1 Å². The second-order valence-electron chi connectivity index (χ2n) is 9.60. The number of halogens is 1. The SMILES string of the molecule is CCCCc1nc(Cl)c(CN2CCC3(CC2)CN(CC2CCCCC2)CCO3)[nH]1. The third kappa shape index (κ3) is 5.75. The van der Waals surface area contributed by atoms with Gasteiger partial charge in [0.2, 0.25) is 0 Å². The van der Waals surface area contributed by atoms with E-state index in [0.717, 1.165) is 82.5 Å². The fourth-order valence-electron chi connectivity index (χ4n) is 5.47. The molecule has 0 bridgehead atoms. The number of hydrogen-bond acceptors (Lipinski definition) is 4. The number of likely N-dealkylation sites (tertiary alicyclic amines) is 1. The molecule has 1 aliphatic carbocycles. The van der Waals surface area contributed by atoms with Gasteiger partial charge in [-0.15, -0.1) is 0 Å². The van der Waals surface area contributed by atoms with Crippen LogP contribution < -0.4 is 0 Å². The molecule has 3 fully saturated rings. The van der Waals surface area contributed by atoms with Crippen LogP contribution in [-0.4, -0.2) is 64.7 Å². The number of rotatable bonds is 7. The van der Waals surface area contributed by atoms with Crippen molar-refractivity contribution >= 4 is 11.6 Å². The lowest BCUT2D eigenvalue weighted by molar-refractivity contribution is -0.138.